The van der Waals surface area contributed by atoms with E-state index in [9.17, 15) is 9.59 Å². The number of hydrogen-bond donors (Lipinski definition) is 2. The molecule has 4 rings (SSSR count). The van der Waals surface area contributed by atoms with Gasteiger partial charge in [0.2, 0.25) is 11.8 Å². The second-order valence-electron chi connectivity index (χ2n) is 8.67. The van der Waals surface area contributed by atoms with Crippen molar-refractivity contribution in [3.63, 3.8) is 0 Å². The Morgan fingerprint density at radius 1 is 0.828 bits per heavy atom. The average molecular weight is 411 g/mol. The molecule has 2 spiro atoms. The molecule has 4 aliphatic rings. The summed E-state index contributed by atoms with van der Waals surface area (Å²) in [5.74, 6) is -1.74. The standard InChI is InChI=1S/C21H34N2O6/c1-2-15(13-22-18(24)16-5-3-7-20(16)26-9-10-27-20)14-23-19(25)17-6-4-8-21(17)28-11-12-29-21/h15-17H,2-14H2,1H3,(H,22,24)(H,23,25). The minimum Gasteiger partial charge on any atom is -0.355 e. The molecule has 8 nitrogen and oxygen atoms in total. The van der Waals surface area contributed by atoms with Gasteiger partial charge in [0.15, 0.2) is 11.6 Å². The molecular weight excluding hydrogens is 376 g/mol. The Morgan fingerprint density at radius 3 is 1.62 bits per heavy atom. The quantitative estimate of drug-likeness (QED) is 0.658. The lowest BCUT2D eigenvalue weighted by Crippen LogP contribution is -2.47. The summed E-state index contributed by atoms with van der Waals surface area (Å²) in [6.07, 6.45) is 5.91. The first-order valence-corrected chi connectivity index (χ1v) is 11.2. The number of ether oxygens (including phenoxy) is 4. The van der Waals surface area contributed by atoms with E-state index >= 15 is 0 Å². The Kier molecular flexibility index (Phi) is 6.44. The molecule has 0 aromatic heterocycles. The topological polar surface area (TPSA) is 95.1 Å². The lowest BCUT2D eigenvalue weighted by atomic mass is 9.99. The molecule has 4 fully saturated rings. The van der Waals surface area contributed by atoms with Crippen LogP contribution in [0.2, 0.25) is 0 Å². The number of nitrogens with one attached hydrogen (secondary N) is 2. The zero-order valence-corrected chi connectivity index (χ0v) is 17.4. The van der Waals surface area contributed by atoms with Crippen LogP contribution in [0.4, 0.5) is 0 Å². The molecule has 164 valence electrons. The molecule has 2 N–H and O–H groups in total. The Hall–Kier alpha value is -1.22. The summed E-state index contributed by atoms with van der Waals surface area (Å²) < 4.78 is 23.1. The maximum atomic E-state index is 12.8. The van der Waals surface area contributed by atoms with Crippen LogP contribution in [0.1, 0.15) is 51.9 Å². The van der Waals surface area contributed by atoms with Crippen LogP contribution in [-0.4, -0.2) is 62.9 Å². The fourth-order valence-electron chi connectivity index (χ4n) is 5.28. The summed E-state index contributed by atoms with van der Waals surface area (Å²) >= 11 is 0. The van der Waals surface area contributed by atoms with Crippen LogP contribution in [0.25, 0.3) is 0 Å². The van der Waals surface area contributed by atoms with Gasteiger partial charge in [-0.05, 0) is 38.0 Å². The Balaban J connectivity index is 1.24. The highest BCUT2D eigenvalue weighted by atomic mass is 16.7. The van der Waals surface area contributed by atoms with Crippen LogP contribution in [0, 0.1) is 17.8 Å². The molecule has 2 aliphatic heterocycles. The van der Waals surface area contributed by atoms with Crippen LogP contribution in [0.3, 0.4) is 0 Å². The molecule has 2 saturated heterocycles. The molecule has 2 unspecified atom stereocenters. The maximum Gasteiger partial charge on any atom is 0.228 e. The Morgan fingerprint density at radius 2 is 1.24 bits per heavy atom. The molecule has 29 heavy (non-hydrogen) atoms. The molecule has 0 aromatic carbocycles. The van der Waals surface area contributed by atoms with Gasteiger partial charge in [0.1, 0.15) is 0 Å². The van der Waals surface area contributed by atoms with Crippen molar-refractivity contribution < 1.29 is 28.5 Å². The highest BCUT2D eigenvalue weighted by Crippen LogP contribution is 2.43. The summed E-state index contributed by atoms with van der Waals surface area (Å²) in [6.45, 7) is 5.37. The minimum absolute atomic E-state index is 0.00308. The van der Waals surface area contributed by atoms with Crippen molar-refractivity contribution in [1.82, 2.24) is 10.6 Å². The number of carbonyl (C=O) groups is 2. The highest BCUT2D eigenvalue weighted by Gasteiger charge is 2.52. The smallest absolute Gasteiger partial charge is 0.228 e. The third-order valence-corrected chi connectivity index (χ3v) is 6.99. The van der Waals surface area contributed by atoms with Crippen molar-refractivity contribution in [3.05, 3.63) is 0 Å². The zero-order valence-electron chi connectivity index (χ0n) is 17.4. The third kappa shape index (κ3) is 4.17. The summed E-state index contributed by atoms with van der Waals surface area (Å²) in [6, 6.07) is 0. The van der Waals surface area contributed by atoms with E-state index in [1.807, 2.05) is 0 Å². The third-order valence-electron chi connectivity index (χ3n) is 6.99. The van der Waals surface area contributed by atoms with Crippen molar-refractivity contribution >= 4 is 11.8 Å². The number of amides is 2. The molecule has 8 heteroatoms. The number of hydrogen-bond acceptors (Lipinski definition) is 6. The first-order chi connectivity index (χ1) is 14.1. The van der Waals surface area contributed by atoms with E-state index in [1.165, 1.54) is 0 Å². The normalized spacial score (nSPS) is 30.8. The lowest BCUT2D eigenvalue weighted by molar-refractivity contribution is -0.187. The van der Waals surface area contributed by atoms with Crippen molar-refractivity contribution in [1.29, 1.82) is 0 Å². The first-order valence-electron chi connectivity index (χ1n) is 11.2. The molecule has 2 aliphatic carbocycles. The van der Waals surface area contributed by atoms with E-state index in [-0.39, 0.29) is 29.6 Å². The van der Waals surface area contributed by atoms with Crippen molar-refractivity contribution in [2.24, 2.45) is 17.8 Å². The molecule has 0 aromatic rings. The second-order valence-corrected chi connectivity index (χ2v) is 8.67. The van der Waals surface area contributed by atoms with Gasteiger partial charge >= 0.3 is 0 Å². The van der Waals surface area contributed by atoms with Gasteiger partial charge < -0.3 is 29.6 Å². The number of rotatable bonds is 7. The van der Waals surface area contributed by atoms with Crippen LogP contribution < -0.4 is 10.6 Å². The first kappa shape index (κ1) is 21.0. The molecule has 2 amide bonds. The van der Waals surface area contributed by atoms with E-state index in [2.05, 4.69) is 17.6 Å². The van der Waals surface area contributed by atoms with Gasteiger partial charge in [0.05, 0.1) is 38.3 Å². The van der Waals surface area contributed by atoms with Gasteiger partial charge in [0, 0.05) is 25.9 Å². The van der Waals surface area contributed by atoms with Gasteiger partial charge in [-0.1, -0.05) is 6.92 Å². The predicted octanol–water partition coefficient (Wildman–Crippen LogP) is 1.33. The molecule has 0 radical (unpaired) electrons. The number of carbonyl (C=O) groups excluding carboxylic acids is 2. The van der Waals surface area contributed by atoms with E-state index in [0.717, 1.165) is 44.9 Å². The van der Waals surface area contributed by atoms with Gasteiger partial charge in [-0.25, -0.2) is 0 Å². The van der Waals surface area contributed by atoms with E-state index in [0.29, 0.717) is 39.5 Å². The van der Waals surface area contributed by atoms with E-state index < -0.39 is 11.6 Å². The fourth-order valence-corrected chi connectivity index (χ4v) is 5.28. The highest BCUT2D eigenvalue weighted by molar-refractivity contribution is 5.80. The molecule has 2 heterocycles. The van der Waals surface area contributed by atoms with Crippen molar-refractivity contribution in [2.45, 2.75) is 63.4 Å². The Labute approximate surface area is 172 Å². The van der Waals surface area contributed by atoms with Crippen molar-refractivity contribution in [2.75, 3.05) is 39.5 Å². The van der Waals surface area contributed by atoms with Gasteiger partial charge in [-0.15, -0.1) is 0 Å². The average Bonchev–Trinajstić information content (AvgIpc) is 3.53. The molecular formula is C21H34N2O6. The lowest BCUT2D eigenvalue weighted by Gasteiger charge is -2.30. The summed E-state index contributed by atoms with van der Waals surface area (Å²) in [7, 11) is 0. The maximum absolute atomic E-state index is 12.8. The van der Waals surface area contributed by atoms with Crippen LogP contribution >= 0.6 is 0 Å². The molecule has 2 atom stereocenters. The predicted molar refractivity (Wildman–Crippen MR) is 104 cm³/mol. The summed E-state index contributed by atoms with van der Waals surface area (Å²) in [5.41, 5.74) is 0. The van der Waals surface area contributed by atoms with E-state index in [4.69, 9.17) is 18.9 Å². The molecule has 2 saturated carbocycles. The van der Waals surface area contributed by atoms with Crippen LogP contribution in [0.5, 0.6) is 0 Å². The van der Waals surface area contributed by atoms with E-state index in [1.54, 1.807) is 0 Å². The van der Waals surface area contributed by atoms with Gasteiger partial charge in [0.25, 0.3) is 0 Å². The minimum atomic E-state index is -0.710. The second kappa shape index (κ2) is 8.88. The van der Waals surface area contributed by atoms with Gasteiger partial charge in [-0.3, -0.25) is 9.59 Å². The largest absolute Gasteiger partial charge is 0.355 e. The Bertz CT molecular complexity index is 539. The van der Waals surface area contributed by atoms with Crippen molar-refractivity contribution in [3.8, 4) is 0 Å². The zero-order chi connectivity index (χ0) is 20.3. The summed E-state index contributed by atoms with van der Waals surface area (Å²) in [5, 5.41) is 6.14. The molecule has 0 bridgehead atoms. The summed E-state index contributed by atoms with van der Waals surface area (Å²) in [4.78, 5) is 25.5. The monoisotopic (exact) mass is 410 g/mol. The van der Waals surface area contributed by atoms with Crippen LogP contribution in [-0.2, 0) is 28.5 Å². The van der Waals surface area contributed by atoms with Crippen LogP contribution in [0.15, 0.2) is 0 Å². The van der Waals surface area contributed by atoms with Gasteiger partial charge in [-0.2, -0.15) is 0 Å². The fraction of sp³-hybridized carbons (Fsp3) is 0.905. The SMILES string of the molecule is CCC(CNC(=O)C1CCCC12OCCO2)CNC(=O)C1CCCC12OCCO2.